The third kappa shape index (κ3) is 2.15. The molecule has 16 heavy (non-hydrogen) atoms. The summed E-state index contributed by atoms with van der Waals surface area (Å²) in [6.07, 6.45) is 1.70. The molecule has 0 amide bonds. The number of rotatable bonds is 3. The highest BCUT2D eigenvalue weighted by Gasteiger charge is 2.23. The number of aromatic nitrogens is 1. The van der Waals surface area contributed by atoms with Gasteiger partial charge in [0.05, 0.1) is 13.2 Å². The summed E-state index contributed by atoms with van der Waals surface area (Å²) >= 11 is 0. The van der Waals surface area contributed by atoms with Crippen molar-refractivity contribution in [1.82, 2.24) is 4.98 Å². The lowest BCUT2D eigenvalue weighted by molar-refractivity contribution is 0.291. The Balaban J connectivity index is 2.21. The van der Waals surface area contributed by atoms with Crippen molar-refractivity contribution in [2.45, 2.75) is 19.9 Å². The summed E-state index contributed by atoms with van der Waals surface area (Å²) in [5.41, 5.74) is 0.738. The number of aliphatic imine (C=N–C) groups is 1. The number of methoxy groups -OCH3 is 1. The maximum Gasteiger partial charge on any atom is 0.235 e. The Labute approximate surface area is 95.3 Å². The Morgan fingerprint density at radius 1 is 1.50 bits per heavy atom. The average Bonchev–Trinajstić information content (AvgIpc) is 2.78. The molecule has 2 rings (SSSR count). The summed E-state index contributed by atoms with van der Waals surface area (Å²) < 4.78 is 10.7. The van der Waals surface area contributed by atoms with Crippen LogP contribution in [0.5, 0.6) is 5.75 Å². The van der Waals surface area contributed by atoms with Crippen molar-refractivity contribution in [2.24, 2.45) is 10.9 Å². The molecule has 0 aromatic carbocycles. The van der Waals surface area contributed by atoms with E-state index in [1.54, 1.807) is 19.4 Å². The maximum atomic E-state index is 5.54. The quantitative estimate of drug-likeness (QED) is 0.781. The van der Waals surface area contributed by atoms with E-state index in [-0.39, 0.29) is 6.04 Å². The van der Waals surface area contributed by atoms with Gasteiger partial charge in [-0.1, -0.05) is 13.8 Å². The van der Waals surface area contributed by atoms with Crippen molar-refractivity contribution in [3.05, 3.63) is 24.0 Å². The second-order valence-corrected chi connectivity index (χ2v) is 4.14. The first-order valence-electron chi connectivity index (χ1n) is 5.41. The van der Waals surface area contributed by atoms with Gasteiger partial charge in [-0.05, 0) is 12.0 Å². The van der Waals surface area contributed by atoms with Crippen LogP contribution in [0.15, 0.2) is 23.3 Å². The summed E-state index contributed by atoms with van der Waals surface area (Å²) in [6, 6.07) is 3.88. The molecule has 0 saturated heterocycles. The summed E-state index contributed by atoms with van der Waals surface area (Å²) in [7, 11) is 1.63. The highest BCUT2D eigenvalue weighted by molar-refractivity contribution is 5.93. The molecular formula is C12H16N2O2. The molecule has 0 saturated carbocycles. The second-order valence-electron chi connectivity index (χ2n) is 4.14. The van der Waals surface area contributed by atoms with Crippen LogP contribution in [-0.4, -0.2) is 30.6 Å². The SMILES string of the molecule is COc1ccnc(C2=NC(C(C)C)CO2)c1. The molecule has 0 spiro atoms. The fourth-order valence-corrected chi connectivity index (χ4v) is 1.53. The molecule has 0 N–H and O–H groups in total. The van der Waals surface area contributed by atoms with Gasteiger partial charge in [0.2, 0.25) is 5.90 Å². The number of nitrogens with zero attached hydrogens (tertiary/aromatic N) is 2. The Morgan fingerprint density at radius 2 is 2.31 bits per heavy atom. The van der Waals surface area contributed by atoms with Gasteiger partial charge in [-0.3, -0.25) is 4.98 Å². The van der Waals surface area contributed by atoms with Crippen LogP contribution in [-0.2, 0) is 4.74 Å². The predicted molar refractivity (Wildman–Crippen MR) is 61.9 cm³/mol. The molecule has 0 radical (unpaired) electrons. The smallest absolute Gasteiger partial charge is 0.235 e. The largest absolute Gasteiger partial charge is 0.497 e. The average molecular weight is 220 g/mol. The molecule has 1 aliphatic heterocycles. The molecule has 1 aliphatic rings. The molecule has 0 aliphatic carbocycles. The van der Waals surface area contributed by atoms with Gasteiger partial charge in [0.15, 0.2) is 0 Å². The third-order valence-corrected chi connectivity index (χ3v) is 2.63. The van der Waals surface area contributed by atoms with Crippen LogP contribution in [0.1, 0.15) is 19.5 Å². The lowest BCUT2D eigenvalue weighted by Crippen LogP contribution is -2.13. The molecule has 4 heteroatoms. The van der Waals surface area contributed by atoms with Crippen LogP contribution in [0.2, 0.25) is 0 Å². The number of ether oxygens (including phenoxy) is 2. The zero-order valence-corrected chi connectivity index (χ0v) is 9.80. The fraction of sp³-hybridized carbons (Fsp3) is 0.500. The number of hydrogen-bond acceptors (Lipinski definition) is 4. The normalized spacial score (nSPS) is 19.5. The zero-order chi connectivity index (χ0) is 11.5. The van der Waals surface area contributed by atoms with Crippen molar-refractivity contribution in [2.75, 3.05) is 13.7 Å². The van der Waals surface area contributed by atoms with E-state index in [9.17, 15) is 0 Å². The van der Waals surface area contributed by atoms with Crippen LogP contribution in [0.3, 0.4) is 0 Å². The summed E-state index contributed by atoms with van der Waals surface area (Å²) in [6.45, 7) is 4.92. The summed E-state index contributed by atoms with van der Waals surface area (Å²) in [5, 5.41) is 0. The molecular weight excluding hydrogens is 204 g/mol. The first-order valence-corrected chi connectivity index (χ1v) is 5.41. The molecule has 4 nitrogen and oxygen atoms in total. The molecule has 86 valence electrons. The molecule has 1 aromatic heterocycles. The van der Waals surface area contributed by atoms with Gasteiger partial charge in [0.25, 0.3) is 0 Å². The minimum absolute atomic E-state index is 0.239. The zero-order valence-electron chi connectivity index (χ0n) is 9.80. The first kappa shape index (κ1) is 10.9. The van der Waals surface area contributed by atoms with Crippen LogP contribution in [0, 0.1) is 5.92 Å². The van der Waals surface area contributed by atoms with Crippen LogP contribution >= 0.6 is 0 Å². The Morgan fingerprint density at radius 3 is 2.94 bits per heavy atom. The van der Waals surface area contributed by atoms with Gasteiger partial charge in [0.1, 0.15) is 18.1 Å². The maximum absolute atomic E-state index is 5.54. The van der Waals surface area contributed by atoms with Gasteiger partial charge in [-0.25, -0.2) is 4.99 Å². The minimum Gasteiger partial charge on any atom is -0.497 e. The van der Waals surface area contributed by atoms with Gasteiger partial charge in [0, 0.05) is 12.3 Å². The lowest BCUT2D eigenvalue weighted by atomic mass is 10.1. The molecule has 1 aromatic rings. The van der Waals surface area contributed by atoms with E-state index in [2.05, 4.69) is 23.8 Å². The molecule has 0 fully saturated rings. The van der Waals surface area contributed by atoms with E-state index in [1.165, 1.54) is 0 Å². The fourth-order valence-electron chi connectivity index (χ4n) is 1.53. The van der Waals surface area contributed by atoms with E-state index >= 15 is 0 Å². The predicted octanol–water partition coefficient (Wildman–Crippen LogP) is 1.89. The molecule has 2 heterocycles. The standard InChI is InChI=1S/C12H16N2O2/c1-8(2)11-7-16-12(14-11)10-6-9(15-3)4-5-13-10/h4-6,8,11H,7H2,1-3H3. The Hall–Kier alpha value is -1.58. The second kappa shape index (κ2) is 4.51. The Bertz CT molecular complexity index is 402. The molecule has 1 unspecified atom stereocenters. The minimum atomic E-state index is 0.239. The van der Waals surface area contributed by atoms with Crippen LogP contribution < -0.4 is 4.74 Å². The summed E-state index contributed by atoms with van der Waals surface area (Å²) in [4.78, 5) is 8.74. The van der Waals surface area contributed by atoms with Gasteiger partial charge in [-0.15, -0.1) is 0 Å². The van der Waals surface area contributed by atoms with Gasteiger partial charge < -0.3 is 9.47 Å². The highest BCUT2D eigenvalue weighted by atomic mass is 16.5. The molecule has 0 bridgehead atoms. The van der Waals surface area contributed by atoms with Crippen molar-refractivity contribution in [1.29, 1.82) is 0 Å². The van der Waals surface area contributed by atoms with Crippen molar-refractivity contribution >= 4 is 5.90 Å². The van der Waals surface area contributed by atoms with Crippen LogP contribution in [0.4, 0.5) is 0 Å². The van der Waals surface area contributed by atoms with Crippen molar-refractivity contribution in [3.63, 3.8) is 0 Å². The first-order chi connectivity index (χ1) is 7.70. The van der Waals surface area contributed by atoms with Crippen LogP contribution in [0.25, 0.3) is 0 Å². The number of pyridine rings is 1. The van der Waals surface area contributed by atoms with E-state index in [4.69, 9.17) is 9.47 Å². The van der Waals surface area contributed by atoms with E-state index < -0.39 is 0 Å². The Kier molecular flexibility index (Phi) is 3.08. The van der Waals surface area contributed by atoms with E-state index in [1.807, 2.05) is 6.07 Å². The topological polar surface area (TPSA) is 43.7 Å². The van der Waals surface area contributed by atoms with Gasteiger partial charge >= 0.3 is 0 Å². The lowest BCUT2D eigenvalue weighted by Gasteiger charge is -2.06. The summed E-state index contributed by atoms with van der Waals surface area (Å²) in [5.74, 6) is 1.88. The third-order valence-electron chi connectivity index (χ3n) is 2.63. The van der Waals surface area contributed by atoms with E-state index in [0.29, 0.717) is 18.4 Å². The van der Waals surface area contributed by atoms with Gasteiger partial charge in [-0.2, -0.15) is 0 Å². The molecule has 1 atom stereocenters. The van der Waals surface area contributed by atoms with Crippen molar-refractivity contribution < 1.29 is 9.47 Å². The monoisotopic (exact) mass is 220 g/mol. The van der Waals surface area contributed by atoms with E-state index in [0.717, 1.165) is 11.4 Å². The number of hydrogen-bond donors (Lipinski definition) is 0. The highest BCUT2D eigenvalue weighted by Crippen LogP contribution is 2.18. The van der Waals surface area contributed by atoms with Crippen molar-refractivity contribution in [3.8, 4) is 5.75 Å².